The van der Waals surface area contributed by atoms with Gasteiger partial charge in [-0.15, -0.1) is 0 Å². The van der Waals surface area contributed by atoms with E-state index in [0.29, 0.717) is 0 Å². The maximum atomic E-state index is 11.0. The molecule has 3 nitrogen and oxygen atoms in total. The predicted octanol–water partition coefficient (Wildman–Crippen LogP) is 4.22. The van der Waals surface area contributed by atoms with Crippen molar-refractivity contribution >= 4 is 5.97 Å². The number of rotatable bonds is 10. The first-order chi connectivity index (χ1) is 8.56. The third kappa shape index (κ3) is 11.4. The Balaban J connectivity index is 3.33. The van der Waals surface area contributed by atoms with Crippen LogP contribution < -0.4 is 0 Å². The van der Waals surface area contributed by atoms with E-state index < -0.39 is 5.97 Å². The number of nitriles is 1. The number of hydrogen-bond donors (Lipinski definition) is 0. The van der Waals surface area contributed by atoms with Gasteiger partial charge in [-0.3, -0.25) is 4.79 Å². The van der Waals surface area contributed by atoms with E-state index in [2.05, 4.69) is 13.8 Å². The average Bonchev–Trinajstić information content (AvgIpc) is 2.27. The molecule has 0 aromatic heterocycles. The van der Waals surface area contributed by atoms with Gasteiger partial charge in [0.25, 0.3) is 0 Å². The summed E-state index contributed by atoms with van der Waals surface area (Å²) in [6.45, 7) is 6.42. The van der Waals surface area contributed by atoms with E-state index in [1.54, 1.807) is 6.07 Å². The second-order valence-electron chi connectivity index (χ2n) is 5.37. The molecule has 1 unspecified atom stereocenters. The van der Waals surface area contributed by atoms with Gasteiger partial charge in [-0.25, -0.2) is 0 Å². The molecule has 0 aromatic carbocycles. The summed E-state index contributed by atoms with van der Waals surface area (Å²) < 4.78 is 5.09. The molecule has 0 bridgehead atoms. The van der Waals surface area contributed by atoms with Gasteiger partial charge in [0, 0.05) is 0 Å². The Morgan fingerprint density at radius 3 is 2.17 bits per heavy atom. The molecule has 0 N–H and O–H groups in total. The number of nitrogens with zero attached hydrogens (tertiary/aromatic N) is 1. The van der Waals surface area contributed by atoms with Crippen molar-refractivity contribution in [1.29, 1.82) is 5.26 Å². The van der Waals surface area contributed by atoms with Crippen molar-refractivity contribution in [2.24, 2.45) is 5.92 Å². The molecule has 0 rings (SSSR count). The Morgan fingerprint density at radius 2 is 1.61 bits per heavy atom. The zero-order valence-corrected chi connectivity index (χ0v) is 12.1. The monoisotopic (exact) mass is 253 g/mol. The highest BCUT2D eigenvalue weighted by Crippen LogP contribution is 2.13. The van der Waals surface area contributed by atoms with Crippen molar-refractivity contribution in [3.63, 3.8) is 0 Å². The van der Waals surface area contributed by atoms with Gasteiger partial charge in [0.15, 0.2) is 0 Å². The van der Waals surface area contributed by atoms with Crippen LogP contribution in [0.25, 0.3) is 0 Å². The van der Waals surface area contributed by atoms with Crippen LogP contribution in [0, 0.1) is 17.2 Å². The molecule has 0 aromatic rings. The molecule has 1 atom stereocenters. The van der Waals surface area contributed by atoms with Crippen molar-refractivity contribution in [3.8, 4) is 6.07 Å². The van der Waals surface area contributed by atoms with Gasteiger partial charge >= 0.3 is 5.97 Å². The number of ether oxygens (including phenoxy) is 1. The fraction of sp³-hybridized carbons (Fsp3) is 0.867. The number of carbonyl (C=O) groups is 1. The number of unbranched alkanes of at least 4 members (excludes halogenated alkanes) is 4. The fourth-order valence-electron chi connectivity index (χ4n) is 1.90. The van der Waals surface area contributed by atoms with Crippen LogP contribution in [0.3, 0.4) is 0 Å². The molecule has 0 saturated carbocycles. The molecule has 18 heavy (non-hydrogen) atoms. The number of hydrogen-bond acceptors (Lipinski definition) is 3. The van der Waals surface area contributed by atoms with E-state index in [0.717, 1.165) is 18.8 Å². The summed E-state index contributed by atoms with van der Waals surface area (Å²) in [7, 11) is 0. The van der Waals surface area contributed by atoms with Gasteiger partial charge in [-0.1, -0.05) is 46.0 Å². The maximum Gasteiger partial charge on any atom is 0.320 e. The standard InChI is InChI=1S/C15H27NO2/c1-13(2)9-7-5-4-6-8-10-14(3)18-15(17)11-12-16/h13-14H,4-11H2,1-3H3. The van der Waals surface area contributed by atoms with E-state index in [-0.39, 0.29) is 12.5 Å². The van der Waals surface area contributed by atoms with Gasteiger partial charge in [-0.2, -0.15) is 5.26 Å². The summed E-state index contributed by atoms with van der Waals surface area (Å²) in [5.74, 6) is 0.409. The quantitative estimate of drug-likeness (QED) is 0.432. The first kappa shape index (κ1) is 17.0. The lowest BCUT2D eigenvalue weighted by Gasteiger charge is -2.11. The smallest absolute Gasteiger partial charge is 0.320 e. The molecule has 0 heterocycles. The molecule has 0 aliphatic carbocycles. The maximum absolute atomic E-state index is 11.0. The molecule has 0 aliphatic rings. The van der Waals surface area contributed by atoms with Gasteiger partial charge in [-0.05, 0) is 25.7 Å². The molecule has 0 aliphatic heterocycles. The highest BCUT2D eigenvalue weighted by Gasteiger charge is 2.08. The third-order valence-corrected chi connectivity index (χ3v) is 2.95. The van der Waals surface area contributed by atoms with Crippen molar-refractivity contribution in [3.05, 3.63) is 0 Å². The van der Waals surface area contributed by atoms with Gasteiger partial charge < -0.3 is 4.74 Å². The summed E-state index contributed by atoms with van der Waals surface area (Å²) in [5, 5.41) is 8.33. The van der Waals surface area contributed by atoms with E-state index in [1.807, 2.05) is 6.92 Å². The SMILES string of the molecule is CC(C)CCCCCCCC(C)OC(=O)CC#N. The summed E-state index contributed by atoms with van der Waals surface area (Å²) in [5.41, 5.74) is 0. The van der Waals surface area contributed by atoms with Gasteiger partial charge in [0.2, 0.25) is 0 Å². The van der Waals surface area contributed by atoms with E-state index in [9.17, 15) is 4.79 Å². The minimum absolute atomic E-state index is 0.0542. The first-order valence-corrected chi connectivity index (χ1v) is 7.12. The zero-order valence-electron chi connectivity index (χ0n) is 12.1. The molecule has 0 spiro atoms. The lowest BCUT2D eigenvalue weighted by molar-refractivity contribution is -0.147. The molecule has 3 heteroatoms. The van der Waals surface area contributed by atoms with E-state index >= 15 is 0 Å². The van der Waals surface area contributed by atoms with Crippen LogP contribution in [-0.4, -0.2) is 12.1 Å². The van der Waals surface area contributed by atoms with Crippen molar-refractivity contribution < 1.29 is 9.53 Å². The van der Waals surface area contributed by atoms with Crippen LogP contribution in [0.1, 0.15) is 72.1 Å². The summed E-state index contributed by atoms with van der Waals surface area (Å²) >= 11 is 0. The second kappa shape index (κ2) is 11.1. The van der Waals surface area contributed by atoms with Crippen molar-refractivity contribution in [2.45, 2.75) is 78.2 Å². The van der Waals surface area contributed by atoms with Crippen LogP contribution >= 0.6 is 0 Å². The highest BCUT2D eigenvalue weighted by molar-refractivity contribution is 5.71. The lowest BCUT2D eigenvalue weighted by Crippen LogP contribution is -2.14. The predicted molar refractivity (Wildman–Crippen MR) is 72.9 cm³/mol. The topological polar surface area (TPSA) is 50.1 Å². The Morgan fingerprint density at radius 1 is 1.06 bits per heavy atom. The van der Waals surface area contributed by atoms with Crippen molar-refractivity contribution in [2.75, 3.05) is 0 Å². The van der Waals surface area contributed by atoms with Gasteiger partial charge in [0.05, 0.1) is 12.2 Å². The Kier molecular flexibility index (Phi) is 10.4. The number of carbonyl (C=O) groups excluding carboxylic acids is 1. The first-order valence-electron chi connectivity index (χ1n) is 7.12. The normalized spacial score (nSPS) is 12.2. The zero-order chi connectivity index (χ0) is 13.8. The summed E-state index contributed by atoms with van der Waals surface area (Å²) in [6, 6.07) is 1.80. The van der Waals surface area contributed by atoms with Gasteiger partial charge in [0.1, 0.15) is 6.42 Å². The Bertz CT molecular complexity index is 256. The molecular formula is C15H27NO2. The molecule has 104 valence electrons. The van der Waals surface area contributed by atoms with Crippen LogP contribution in [0.15, 0.2) is 0 Å². The van der Waals surface area contributed by atoms with Crippen LogP contribution in [0.2, 0.25) is 0 Å². The molecular weight excluding hydrogens is 226 g/mol. The molecule has 0 saturated heterocycles. The second-order valence-corrected chi connectivity index (χ2v) is 5.37. The van der Waals surface area contributed by atoms with E-state index in [4.69, 9.17) is 10.00 Å². The molecule has 0 amide bonds. The minimum Gasteiger partial charge on any atom is -0.462 e. The molecule has 0 fully saturated rings. The average molecular weight is 253 g/mol. The summed E-state index contributed by atoms with van der Waals surface area (Å²) in [4.78, 5) is 11.0. The lowest BCUT2D eigenvalue weighted by atomic mass is 10.0. The highest BCUT2D eigenvalue weighted by atomic mass is 16.5. The van der Waals surface area contributed by atoms with Crippen LogP contribution in [0.4, 0.5) is 0 Å². The minimum atomic E-state index is -0.401. The Hall–Kier alpha value is -1.04. The number of esters is 1. The van der Waals surface area contributed by atoms with Crippen molar-refractivity contribution in [1.82, 2.24) is 0 Å². The summed E-state index contributed by atoms with van der Waals surface area (Å²) in [6.07, 6.45) is 8.24. The molecule has 0 radical (unpaired) electrons. The van der Waals surface area contributed by atoms with E-state index in [1.165, 1.54) is 32.1 Å². The third-order valence-electron chi connectivity index (χ3n) is 2.95. The Labute approximate surface area is 112 Å². The fourth-order valence-corrected chi connectivity index (χ4v) is 1.90. The van der Waals surface area contributed by atoms with Crippen LogP contribution in [-0.2, 0) is 9.53 Å². The largest absolute Gasteiger partial charge is 0.462 e. The van der Waals surface area contributed by atoms with Crippen LogP contribution in [0.5, 0.6) is 0 Å².